The molecule has 0 amide bonds. The molecule has 20 heavy (non-hydrogen) atoms. The van der Waals surface area contributed by atoms with Crippen molar-refractivity contribution in [2.24, 2.45) is 5.92 Å². The second kappa shape index (κ2) is 7.18. The molecule has 0 saturated carbocycles. The van der Waals surface area contributed by atoms with Crippen LogP contribution in [0, 0.1) is 5.92 Å². The van der Waals surface area contributed by atoms with Gasteiger partial charge < -0.3 is 9.84 Å². The molecule has 5 heteroatoms. The molecule has 1 saturated heterocycles. The van der Waals surface area contributed by atoms with Gasteiger partial charge in [-0.3, -0.25) is 4.90 Å². The molecule has 0 spiro atoms. The highest BCUT2D eigenvalue weighted by Gasteiger charge is 2.21. The second-order valence-electron chi connectivity index (χ2n) is 6.52. The van der Waals surface area contributed by atoms with Crippen molar-refractivity contribution in [1.29, 1.82) is 0 Å². The van der Waals surface area contributed by atoms with Crippen molar-refractivity contribution >= 4 is 0 Å². The van der Waals surface area contributed by atoms with Gasteiger partial charge in [0.15, 0.2) is 5.82 Å². The Labute approximate surface area is 122 Å². The first kappa shape index (κ1) is 15.4. The maximum Gasteiger partial charge on any atom is 0.240 e. The summed E-state index contributed by atoms with van der Waals surface area (Å²) in [5, 5.41) is 7.62. The summed E-state index contributed by atoms with van der Waals surface area (Å²) >= 11 is 0. The van der Waals surface area contributed by atoms with Crippen LogP contribution in [-0.2, 0) is 13.0 Å². The zero-order valence-corrected chi connectivity index (χ0v) is 13.2. The number of rotatable bonds is 7. The Morgan fingerprint density at radius 1 is 1.35 bits per heavy atom. The molecule has 5 nitrogen and oxygen atoms in total. The average Bonchev–Trinajstić information content (AvgIpc) is 2.99. The van der Waals surface area contributed by atoms with Crippen LogP contribution in [0.15, 0.2) is 4.52 Å². The van der Waals surface area contributed by atoms with E-state index < -0.39 is 0 Å². The van der Waals surface area contributed by atoms with E-state index in [4.69, 9.17) is 4.52 Å². The van der Waals surface area contributed by atoms with Gasteiger partial charge in [-0.2, -0.15) is 4.98 Å². The van der Waals surface area contributed by atoms with Crippen molar-refractivity contribution in [3.05, 3.63) is 11.7 Å². The second-order valence-corrected chi connectivity index (χ2v) is 6.52. The number of nitrogens with zero attached hydrogens (tertiary/aromatic N) is 3. The Morgan fingerprint density at radius 2 is 2.15 bits per heavy atom. The van der Waals surface area contributed by atoms with Crippen LogP contribution >= 0.6 is 0 Å². The minimum Gasteiger partial charge on any atom is -0.338 e. The Balaban J connectivity index is 1.91. The van der Waals surface area contributed by atoms with Crippen molar-refractivity contribution in [1.82, 2.24) is 20.4 Å². The zero-order valence-electron chi connectivity index (χ0n) is 13.2. The molecule has 2 rings (SSSR count). The van der Waals surface area contributed by atoms with Crippen molar-refractivity contribution in [3.8, 4) is 0 Å². The van der Waals surface area contributed by atoms with E-state index in [0.29, 0.717) is 18.0 Å². The van der Waals surface area contributed by atoms with Crippen molar-refractivity contribution in [2.75, 3.05) is 13.1 Å². The molecule has 1 aliphatic rings. The lowest BCUT2D eigenvalue weighted by atomic mass is 10.1. The third-order valence-corrected chi connectivity index (χ3v) is 3.79. The first-order valence-electron chi connectivity index (χ1n) is 7.83. The van der Waals surface area contributed by atoms with Crippen LogP contribution in [0.25, 0.3) is 0 Å². The quantitative estimate of drug-likeness (QED) is 0.830. The molecule has 114 valence electrons. The zero-order chi connectivity index (χ0) is 14.5. The standard InChI is InChI=1S/C15H28N4O/c1-11(2)8-14-17-15(20-18-14)10-19(12(3)4)9-13-6-5-7-16-13/h11-13,16H,5-10H2,1-4H3. The molecule has 0 aliphatic carbocycles. The fourth-order valence-corrected chi connectivity index (χ4v) is 2.63. The fraction of sp³-hybridized carbons (Fsp3) is 0.867. The molecule has 1 unspecified atom stereocenters. The predicted molar refractivity (Wildman–Crippen MR) is 79.4 cm³/mol. The van der Waals surface area contributed by atoms with Gasteiger partial charge in [0.2, 0.25) is 5.89 Å². The highest BCUT2D eigenvalue weighted by atomic mass is 16.5. The minimum absolute atomic E-state index is 0.484. The molecule has 0 bridgehead atoms. The first-order chi connectivity index (χ1) is 9.54. The van der Waals surface area contributed by atoms with Gasteiger partial charge in [0.25, 0.3) is 0 Å². The molecule has 1 aromatic heterocycles. The van der Waals surface area contributed by atoms with Crippen LogP contribution in [0.2, 0.25) is 0 Å². The lowest BCUT2D eigenvalue weighted by Crippen LogP contribution is -2.40. The monoisotopic (exact) mass is 280 g/mol. The number of hydrogen-bond acceptors (Lipinski definition) is 5. The van der Waals surface area contributed by atoms with Gasteiger partial charge in [-0.1, -0.05) is 19.0 Å². The molecular weight excluding hydrogens is 252 g/mol. The van der Waals surface area contributed by atoms with Gasteiger partial charge in [0, 0.05) is 25.0 Å². The third-order valence-electron chi connectivity index (χ3n) is 3.79. The van der Waals surface area contributed by atoms with E-state index in [0.717, 1.165) is 37.8 Å². The first-order valence-corrected chi connectivity index (χ1v) is 7.83. The summed E-state index contributed by atoms with van der Waals surface area (Å²) < 4.78 is 5.39. The van der Waals surface area contributed by atoms with Crippen LogP contribution < -0.4 is 5.32 Å². The highest BCUT2D eigenvalue weighted by Crippen LogP contribution is 2.13. The Bertz CT molecular complexity index is 396. The van der Waals surface area contributed by atoms with Crippen molar-refractivity contribution in [3.63, 3.8) is 0 Å². The maximum atomic E-state index is 5.39. The lowest BCUT2D eigenvalue weighted by Gasteiger charge is -2.27. The number of nitrogens with one attached hydrogen (secondary N) is 1. The van der Waals surface area contributed by atoms with Gasteiger partial charge in [0.05, 0.1) is 6.54 Å². The molecule has 1 N–H and O–H groups in total. The van der Waals surface area contributed by atoms with Gasteiger partial charge in [-0.25, -0.2) is 0 Å². The predicted octanol–water partition coefficient (Wildman–Crippen LogP) is 2.23. The Hall–Kier alpha value is -0.940. The van der Waals surface area contributed by atoms with Gasteiger partial charge >= 0.3 is 0 Å². The molecule has 0 radical (unpaired) electrons. The topological polar surface area (TPSA) is 54.2 Å². The molecule has 1 fully saturated rings. The van der Waals surface area contributed by atoms with E-state index in [-0.39, 0.29) is 0 Å². The largest absolute Gasteiger partial charge is 0.338 e. The molecule has 0 aromatic carbocycles. The maximum absolute atomic E-state index is 5.39. The Kier molecular flexibility index (Phi) is 5.54. The summed E-state index contributed by atoms with van der Waals surface area (Å²) in [6.45, 7) is 11.7. The number of aromatic nitrogens is 2. The fourth-order valence-electron chi connectivity index (χ4n) is 2.63. The third kappa shape index (κ3) is 4.56. The summed E-state index contributed by atoms with van der Waals surface area (Å²) in [7, 11) is 0. The van der Waals surface area contributed by atoms with Crippen molar-refractivity contribution in [2.45, 2.75) is 65.6 Å². The van der Waals surface area contributed by atoms with Crippen LogP contribution in [0.1, 0.15) is 52.3 Å². The lowest BCUT2D eigenvalue weighted by molar-refractivity contribution is 0.170. The van der Waals surface area contributed by atoms with Gasteiger partial charge in [0.1, 0.15) is 0 Å². The summed E-state index contributed by atoms with van der Waals surface area (Å²) in [6, 6.07) is 1.09. The molecule has 1 atom stereocenters. The molecule has 2 heterocycles. The van der Waals surface area contributed by atoms with E-state index in [1.165, 1.54) is 12.8 Å². The minimum atomic E-state index is 0.484. The smallest absolute Gasteiger partial charge is 0.240 e. The summed E-state index contributed by atoms with van der Waals surface area (Å²) in [5.74, 6) is 2.13. The van der Waals surface area contributed by atoms with Crippen LogP contribution in [0.3, 0.4) is 0 Å². The molecule has 1 aliphatic heterocycles. The van der Waals surface area contributed by atoms with E-state index in [1.807, 2.05) is 0 Å². The van der Waals surface area contributed by atoms with Crippen LogP contribution in [0.4, 0.5) is 0 Å². The van der Waals surface area contributed by atoms with E-state index in [9.17, 15) is 0 Å². The van der Waals surface area contributed by atoms with E-state index in [1.54, 1.807) is 0 Å². The summed E-state index contributed by atoms with van der Waals surface area (Å²) in [6.07, 6.45) is 3.44. The summed E-state index contributed by atoms with van der Waals surface area (Å²) in [4.78, 5) is 6.92. The number of hydrogen-bond donors (Lipinski definition) is 1. The van der Waals surface area contributed by atoms with Gasteiger partial charge in [-0.15, -0.1) is 0 Å². The van der Waals surface area contributed by atoms with Gasteiger partial charge in [-0.05, 0) is 39.2 Å². The normalized spacial score (nSPS) is 19.6. The van der Waals surface area contributed by atoms with Crippen molar-refractivity contribution < 1.29 is 4.52 Å². The molecular formula is C15H28N4O. The van der Waals surface area contributed by atoms with E-state index in [2.05, 4.69) is 48.1 Å². The SMILES string of the molecule is CC(C)Cc1noc(CN(CC2CCCN2)C(C)C)n1. The van der Waals surface area contributed by atoms with Crippen LogP contribution in [0.5, 0.6) is 0 Å². The van der Waals surface area contributed by atoms with E-state index >= 15 is 0 Å². The van der Waals surface area contributed by atoms with Crippen LogP contribution in [-0.4, -0.2) is 40.2 Å². The highest BCUT2D eigenvalue weighted by molar-refractivity contribution is 4.89. The summed E-state index contributed by atoms with van der Waals surface area (Å²) in [5.41, 5.74) is 0. The average molecular weight is 280 g/mol. The molecule has 1 aromatic rings. The Morgan fingerprint density at radius 3 is 2.75 bits per heavy atom.